The number of fused-ring (bicyclic) bond motifs is 4. The number of para-hydroxylation sites is 1. The van der Waals surface area contributed by atoms with Crippen molar-refractivity contribution in [1.29, 1.82) is 0 Å². The zero-order chi connectivity index (χ0) is 13.1. The Kier molecular flexibility index (Phi) is 4.04. The van der Waals surface area contributed by atoms with Crippen molar-refractivity contribution in [2.45, 2.75) is 23.0 Å². The highest BCUT2D eigenvalue weighted by atomic mass is 32.2. The number of nitrogens with two attached hydrogens (primary N) is 1. The standard InChI is InChI=1S/C16H17NS2/c17-16-14-5-2-6-15(16)11-19-9-13-4-1-3-12(7-13)8-18-10-14/h1-7H,8-11,17H2. The first-order chi connectivity index (χ1) is 9.33. The summed E-state index contributed by atoms with van der Waals surface area (Å²) in [5.74, 6) is 4.10. The summed E-state index contributed by atoms with van der Waals surface area (Å²) >= 11 is 3.88. The van der Waals surface area contributed by atoms with Crippen LogP contribution in [0.2, 0.25) is 0 Å². The second kappa shape index (κ2) is 5.93. The molecular formula is C16H17NS2. The van der Waals surface area contributed by atoms with Gasteiger partial charge in [0.1, 0.15) is 0 Å². The third-order valence-electron chi connectivity index (χ3n) is 3.33. The number of nitrogen functional groups attached to an aromatic ring is 1. The first-order valence-electron chi connectivity index (χ1n) is 6.42. The predicted molar refractivity (Wildman–Crippen MR) is 87.3 cm³/mol. The molecule has 0 aromatic heterocycles. The van der Waals surface area contributed by atoms with Crippen LogP contribution in [0.3, 0.4) is 0 Å². The summed E-state index contributed by atoms with van der Waals surface area (Å²) in [5.41, 5.74) is 12.6. The van der Waals surface area contributed by atoms with E-state index >= 15 is 0 Å². The minimum Gasteiger partial charge on any atom is -0.398 e. The summed E-state index contributed by atoms with van der Waals surface area (Å²) in [6.07, 6.45) is 0. The molecule has 0 saturated carbocycles. The topological polar surface area (TPSA) is 26.0 Å². The molecule has 3 rings (SSSR count). The normalized spacial score (nSPS) is 15.4. The van der Waals surface area contributed by atoms with Crippen molar-refractivity contribution in [1.82, 2.24) is 0 Å². The average Bonchev–Trinajstić information content (AvgIpc) is 2.42. The number of rotatable bonds is 0. The molecule has 1 heterocycles. The zero-order valence-corrected chi connectivity index (χ0v) is 12.4. The summed E-state index contributed by atoms with van der Waals surface area (Å²) in [5, 5.41) is 0. The Morgan fingerprint density at radius 1 is 0.737 bits per heavy atom. The van der Waals surface area contributed by atoms with Gasteiger partial charge in [0.25, 0.3) is 0 Å². The van der Waals surface area contributed by atoms with Crippen molar-refractivity contribution in [3.63, 3.8) is 0 Å². The van der Waals surface area contributed by atoms with Crippen LogP contribution in [-0.4, -0.2) is 0 Å². The fraction of sp³-hybridized carbons (Fsp3) is 0.250. The minimum absolute atomic E-state index is 0.992. The molecule has 0 fully saturated rings. The second-order valence-corrected chi connectivity index (χ2v) is 6.77. The largest absolute Gasteiger partial charge is 0.398 e. The van der Waals surface area contributed by atoms with Gasteiger partial charge >= 0.3 is 0 Å². The molecular weight excluding hydrogens is 270 g/mol. The monoisotopic (exact) mass is 287 g/mol. The van der Waals surface area contributed by atoms with Crippen LogP contribution in [0.1, 0.15) is 22.3 Å². The van der Waals surface area contributed by atoms with Gasteiger partial charge in [0.15, 0.2) is 0 Å². The van der Waals surface area contributed by atoms with Crippen LogP contribution in [0.5, 0.6) is 0 Å². The van der Waals surface area contributed by atoms with Crippen LogP contribution in [0.4, 0.5) is 5.69 Å². The molecule has 0 unspecified atom stereocenters. The van der Waals surface area contributed by atoms with Gasteiger partial charge in [0, 0.05) is 28.7 Å². The molecule has 2 aromatic carbocycles. The molecule has 0 aliphatic carbocycles. The molecule has 3 heteroatoms. The van der Waals surface area contributed by atoms with E-state index in [1.165, 1.54) is 22.3 Å². The van der Waals surface area contributed by atoms with Crippen molar-refractivity contribution in [2.24, 2.45) is 0 Å². The molecule has 0 amide bonds. The van der Waals surface area contributed by atoms with Crippen LogP contribution < -0.4 is 5.73 Å². The van der Waals surface area contributed by atoms with Gasteiger partial charge < -0.3 is 5.73 Å². The van der Waals surface area contributed by atoms with Crippen LogP contribution in [0.15, 0.2) is 42.5 Å². The molecule has 0 radical (unpaired) electrons. The minimum atomic E-state index is 0.992. The van der Waals surface area contributed by atoms with Gasteiger partial charge in [-0.25, -0.2) is 0 Å². The van der Waals surface area contributed by atoms with E-state index in [1.807, 2.05) is 23.5 Å². The Balaban J connectivity index is 1.89. The van der Waals surface area contributed by atoms with E-state index in [9.17, 15) is 0 Å². The smallest absolute Gasteiger partial charge is 0.0396 e. The molecule has 1 aliphatic rings. The maximum absolute atomic E-state index is 6.27. The van der Waals surface area contributed by atoms with Crippen molar-refractivity contribution in [3.8, 4) is 0 Å². The lowest BCUT2D eigenvalue weighted by molar-refractivity contribution is 1.28. The summed E-state index contributed by atoms with van der Waals surface area (Å²) < 4.78 is 0. The lowest BCUT2D eigenvalue weighted by Gasteiger charge is -2.13. The maximum Gasteiger partial charge on any atom is 0.0396 e. The first-order valence-corrected chi connectivity index (χ1v) is 8.73. The van der Waals surface area contributed by atoms with Crippen molar-refractivity contribution < 1.29 is 0 Å². The second-order valence-electron chi connectivity index (χ2n) is 4.80. The highest BCUT2D eigenvalue weighted by Gasteiger charge is 2.07. The molecule has 1 aliphatic heterocycles. The molecule has 0 saturated heterocycles. The first kappa shape index (κ1) is 12.9. The number of benzene rings is 2. The Bertz CT molecular complexity index is 537. The molecule has 2 aromatic rings. The van der Waals surface area contributed by atoms with Gasteiger partial charge in [-0.3, -0.25) is 0 Å². The Labute approximate surface area is 123 Å². The summed E-state index contributed by atoms with van der Waals surface area (Å²) in [4.78, 5) is 0. The Morgan fingerprint density at radius 3 is 1.84 bits per heavy atom. The van der Waals surface area contributed by atoms with Gasteiger partial charge in [-0.05, 0) is 22.3 Å². The van der Waals surface area contributed by atoms with E-state index in [0.29, 0.717) is 0 Å². The van der Waals surface area contributed by atoms with E-state index in [-0.39, 0.29) is 0 Å². The zero-order valence-electron chi connectivity index (χ0n) is 10.8. The van der Waals surface area contributed by atoms with Gasteiger partial charge in [0.2, 0.25) is 0 Å². The molecule has 19 heavy (non-hydrogen) atoms. The SMILES string of the molecule is Nc1c2cccc1CSCc1cccc(c1)CSC2. The van der Waals surface area contributed by atoms with Crippen LogP contribution in [-0.2, 0) is 23.0 Å². The van der Waals surface area contributed by atoms with E-state index in [1.54, 1.807) is 0 Å². The van der Waals surface area contributed by atoms with Crippen molar-refractivity contribution in [3.05, 3.63) is 64.7 Å². The van der Waals surface area contributed by atoms with Gasteiger partial charge in [-0.15, -0.1) is 0 Å². The van der Waals surface area contributed by atoms with E-state index in [2.05, 4.69) is 42.5 Å². The Morgan fingerprint density at radius 2 is 1.26 bits per heavy atom. The van der Waals surface area contributed by atoms with Crippen molar-refractivity contribution in [2.75, 3.05) is 5.73 Å². The predicted octanol–water partition coefficient (Wildman–Crippen LogP) is 4.45. The molecule has 0 spiro atoms. The number of hydrogen-bond donors (Lipinski definition) is 1. The molecule has 1 nitrogen and oxygen atoms in total. The van der Waals surface area contributed by atoms with Gasteiger partial charge in [-0.2, -0.15) is 23.5 Å². The molecule has 2 N–H and O–H groups in total. The van der Waals surface area contributed by atoms with Gasteiger partial charge in [-0.1, -0.05) is 42.5 Å². The summed E-state index contributed by atoms with van der Waals surface area (Å²) in [6.45, 7) is 0. The molecule has 4 bridgehead atoms. The third-order valence-corrected chi connectivity index (χ3v) is 5.44. The van der Waals surface area contributed by atoms with Gasteiger partial charge in [0.05, 0.1) is 0 Å². The van der Waals surface area contributed by atoms with E-state index in [4.69, 9.17) is 5.73 Å². The molecule has 0 atom stereocenters. The maximum atomic E-state index is 6.27. The lowest BCUT2D eigenvalue weighted by atomic mass is 10.1. The summed E-state index contributed by atoms with van der Waals surface area (Å²) in [6, 6.07) is 15.4. The highest BCUT2D eigenvalue weighted by molar-refractivity contribution is 7.98. The van der Waals surface area contributed by atoms with Crippen LogP contribution in [0.25, 0.3) is 0 Å². The number of hydrogen-bond acceptors (Lipinski definition) is 3. The molecule has 98 valence electrons. The fourth-order valence-electron chi connectivity index (χ4n) is 2.28. The van der Waals surface area contributed by atoms with E-state index < -0.39 is 0 Å². The Hall–Kier alpha value is -1.06. The summed E-state index contributed by atoms with van der Waals surface area (Å²) in [7, 11) is 0. The number of thioether (sulfide) groups is 2. The average molecular weight is 287 g/mol. The number of anilines is 1. The van der Waals surface area contributed by atoms with Crippen LogP contribution in [0, 0.1) is 0 Å². The van der Waals surface area contributed by atoms with Crippen molar-refractivity contribution >= 4 is 29.2 Å². The third kappa shape index (κ3) is 3.10. The van der Waals surface area contributed by atoms with Crippen LogP contribution >= 0.6 is 23.5 Å². The lowest BCUT2D eigenvalue weighted by Crippen LogP contribution is -1.99. The highest BCUT2D eigenvalue weighted by Crippen LogP contribution is 2.29. The fourth-order valence-corrected chi connectivity index (χ4v) is 4.26. The van der Waals surface area contributed by atoms with E-state index in [0.717, 1.165) is 28.7 Å². The quantitative estimate of drug-likeness (QED) is 0.725.